The number of hydrogen-bond donors (Lipinski definition) is 1. The number of hydrogen-bond acceptors (Lipinski definition) is 2. The van der Waals surface area contributed by atoms with Gasteiger partial charge in [-0.2, -0.15) is 0 Å². The molecule has 0 fully saturated rings. The topological polar surface area (TPSA) is 40.5 Å². The van der Waals surface area contributed by atoms with Crippen molar-refractivity contribution in [3.63, 3.8) is 0 Å². The van der Waals surface area contributed by atoms with Crippen LogP contribution in [-0.2, 0) is 0 Å². The Morgan fingerprint density at radius 1 is 1.38 bits per heavy atom. The minimum Gasteiger partial charge on any atom is -0.395 e. The minimum atomic E-state index is -0.502. The summed E-state index contributed by atoms with van der Waals surface area (Å²) < 4.78 is 13.9. The van der Waals surface area contributed by atoms with Crippen LogP contribution in [0.1, 0.15) is 49.0 Å². The fourth-order valence-electron chi connectivity index (χ4n) is 1.90. The SMILES string of the molecule is CCCCN(CC)C(=O)c1ccc(C#CCCO)c(F)c1. The van der Waals surface area contributed by atoms with Gasteiger partial charge < -0.3 is 10.0 Å². The molecule has 0 spiro atoms. The van der Waals surface area contributed by atoms with Crippen LogP contribution in [0.15, 0.2) is 18.2 Å². The first-order valence-corrected chi connectivity index (χ1v) is 7.32. The van der Waals surface area contributed by atoms with Crippen LogP contribution in [0.3, 0.4) is 0 Å². The smallest absolute Gasteiger partial charge is 0.253 e. The molecule has 0 heterocycles. The number of nitrogens with zero attached hydrogens (tertiary/aromatic N) is 1. The third-order valence-corrected chi connectivity index (χ3v) is 3.13. The molecule has 0 atom stereocenters. The second-order valence-corrected chi connectivity index (χ2v) is 4.71. The lowest BCUT2D eigenvalue weighted by Gasteiger charge is -2.20. The van der Waals surface area contributed by atoms with Crippen LogP contribution >= 0.6 is 0 Å². The molecule has 0 bridgehead atoms. The Hall–Kier alpha value is -1.86. The molecule has 0 unspecified atom stereocenters. The average Bonchev–Trinajstić information content (AvgIpc) is 2.49. The Balaban J connectivity index is 2.87. The molecule has 1 aromatic carbocycles. The molecule has 0 aliphatic heterocycles. The van der Waals surface area contributed by atoms with Gasteiger partial charge in [0.2, 0.25) is 0 Å². The maximum Gasteiger partial charge on any atom is 0.253 e. The van der Waals surface area contributed by atoms with Gasteiger partial charge in [0.1, 0.15) is 5.82 Å². The molecule has 4 heteroatoms. The van der Waals surface area contributed by atoms with Crippen molar-refractivity contribution in [1.82, 2.24) is 4.90 Å². The highest BCUT2D eigenvalue weighted by Crippen LogP contribution is 2.12. The lowest BCUT2D eigenvalue weighted by molar-refractivity contribution is 0.0762. The van der Waals surface area contributed by atoms with Crippen LogP contribution in [-0.4, -0.2) is 35.6 Å². The highest BCUT2D eigenvalue weighted by molar-refractivity contribution is 5.94. The molecule has 1 N–H and O–H groups in total. The average molecular weight is 291 g/mol. The van der Waals surface area contributed by atoms with E-state index in [9.17, 15) is 9.18 Å². The largest absolute Gasteiger partial charge is 0.395 e. The number of rotatable bonds is 6. The Kier molecular flexibility index (Phi) is 7.49. The second kappa shape index (κ2) is 9.15. The van der Waals surface area contributed by atoms with Gasteiger partial charge in [0, 0.05) is 25.1 Å². The van der Waals surface area contributed by atoms with Crippen molar-refractivity contribution in [2.75, 3.05) is 19.7 Å². The van der Waals surface area contributed by atoms with Crippen LogP contribution in [0.5, 0.6) is 0 Å². The van der Waals surface area contributed by atoms with Gasteiger partial charge >= 0.3 is 0 Å². The van der Waals surface area contributed by atoms with E-state index in [1.165, 1.54) is 12.1 Å². The summed E-state index contributed by atoms with van der Waals surface area (Å²) in [4.78, 5) is 14.0. The summed E-state index contributed by atoms with van der Waals surface area (Å²) in [5.74, 6) is 4.66. The first-order valence-electron chi connectivity index (χ1n) is 7.32. The summed E-state index contributed by atoms with van der Waals surface area (Å²) in [5.41, 5.74) is 0.592. The van der Waals surface area contributed by atoms with Crippen molar-refractivity contribution in [3.05, 3.63) is 35.1 Å². The zero-order valence-corrected chi connectivity index (χ0v) is 12.7. The van der Waals surface area contributed by atoms with Crippen LogP contribution in [0.25, 0.3) is 0 Å². The molecule has 1 amide bonds. The summed E-state index contributed by atoms with van der Waals surface area (Å²) >= 11 is 0. The van der Waals surface area contributed by atoms with E-state index < -0.39 is 5.82 Å². The molecule has 1 rings (SSSR count). The fourth-order valence-corrected chi connectivity index (χ4v) is 1.90. The number of aliphatic hydroxyl groups is 1. The van der Waals surface area contributed by atoms with Crippen LogP contribution in [0, 0.1) is 17.7 Å². The number of benzene rings is 1. The molecule has 114 valence electrons. The predicted molar refractivity (Wildman–Crippen MR) is 81.5 cm³/mol. The zero-order valence-electron chi connectivity index (χ0n) is 12.7. The lowest BCUT2D eigenvalue weighted by atomic mass is 10.1. The fraction of sp³-hybridized carbons (Fsp3) is 0.471. The van der Waals surface area contributed by atoms with Gasteiger partial charge in [0.05, 0.1) is 12.2 Å². The summed E-state index contributed by atoms with van der Waals surface area (Å²) in [6.45, 7) is 5.23. The van der Waals surface area contributed by atoms with Crippen LogP contribution < -0.4 is 0 Å². The quantitative estimate of drug-likeness (QED) is 0.819. The molecular formula is C17H22FNO2. The van der Waals surface area contributed by atoms with Crippen molar-refractivity contribution >= 4 is 5.91 Å². The van der Waals surface area contributed by atoms with Crippen molar-refractivity contribution in [1.29, 1.82) is 0 Å². The van der Waals surface area contributed by atoms with Gasteiger partial charge in [-0.25, -0.2) is 4.39 Å². The van der Waals surface area contributed by atoms with E-state index in [1.807, 2.05) is 6.92 Å². The lowest BCUT2D eigenvalue weighted by Crippen LogP contribution is -2.31. The number of amides is 1. The van der Waals surface area contributed by atoms with Crippen molar-refractivity contribution in [2.45, 2.75) is 33.1 Å². The Bertz CT molecular complexity index is 531. The molecular weight excluding hydrogens is 269 g/mol. The van der Waals surface area contributed by atoms with E-state index in [-0.39, 0.29) is 18.1 Å². The maximum atomic E-state index is 13.9. The van der Waals surface area contributed by atoms with E-state index in [1.54, 1.807) is 11.0 Å². The van der Waals surface area contributed by atoms with E-state index in [4.69, 9.17) is 5.11 Å². The zero-order chi connectivity index (χ0) is 15.7. The van der Waals surface area contributed by atoms with Gasteiger partial charge in [-0.05, 0) is 31.5 Å². The summed E-state index contributed by atoms with van der Waals surface area (Å²) in [7, 11) is 0. The number of halogens is 1. The van der Waals surface area contributed by atoms with Gasteiger partial charge in [-0.1, -0.05) is 25.2 Å². The maximum absolute atomic E-state index is 13.9. The number of aliphatic hydroxyl groups excluding tert-OH is 1. The summed E-state index contributed by atoms with van der Waals surface area (Å²) in [6.07, 6.45) is 2.26. The third-order valence-electron chi connectivity index (χ3n) is 3.13. The molecule has 3 nitrogen and oxygen atoms in total. The molecule has 0 aliphatic carbocycles. The van der Waals surface area contributed by atoms with Gasteiger partial charge in [-0.3, -0.25) is 4.79 Å². The van der Waals surface area contributed by atoms with Crippen molar-refractivity contribution in [2.24, 2.45) is 0 Å². The van der Waals surface area contributed by atoms with Crippen molar-refractivity contribution < 1.29 is 14.3 Å². The Morgan fingerprint density at radius 3 is 2.71 bits per heavy atom. The van der Waals surface area contributed by atoms with E-state index in [0.717, 1.165) is 12.8 Å². The third kappa shape index (κ3) is 5.20. The first-order chi connectivity index (χ1) is 10.1. The van der Waals surface area contributed by atoms with Crippen molar-refractivity contribution in [3.8, 4) is 11.8 Å². The normalized spacial score (nSPS) is 9.90. The number of unbranched alkanes of at least 4 members (excludes halogenated alkanes) is 1. The predicted octanol–water partition coefficient (Wildman–Crippen LogP) is 2.82. The Morgan fingerprint density at radius 2 is 2.14 bits per heavy atom. The molecule has 0 saturated carbocycles. The molecule has 0 radical (unpaired) electrons. The van der Waals surface area contributed by atoms with E-state index in [0.29, 0.717) is 25.1 Å². The summed E-state index contributed by atoms with van der Waals surface area (Å²) in [5, 5.41) is 8.64. The Labute approximate surface area is 125 Å². The van der Waals surface area contributed by atoms with Gasteiger partial charge in [-0.15, -0.1) is 0 Å². The standard InChI is InChI=1S/C17H22FNO2/c1-3-5-11-19(4-2)17(21)15-10-9-14(16(18)13-15)8-6-7-12-20/h9-10,13,20H,3-5,7,11-12H2,1-2H3. The first kappa shape index (κ1) is 17.2. The molecule has 0 aromatic heterocycles. The molecule has 1 aromatic rings. The second-order valence-electron chi connectivity index (χ2n) is 4.71. The van der Waals surface area contributed by atoms with Crippen LogP contribution in [0.2, 0.25) is 0 Å². The van der Waals surface area contributed by atoms with Gasteiger partial charge in [0.15, 0.2) is 0 Å². The number of carbonyl (C=O) groups excluding carboxylic acids is 1. The monoisotopic (exact) mass is 291 g/mol. The van der Waals surface area contributed by atoms with E-state index in [2.05, 4.69) is 18.8 Å². The molecule has 0 saturated heterocycles. The number of carbonyl (C=O) groups is 1. The summed E-state index contributed by atoms with van der Waals surface area (Å²) in [6, 6.07) is 4.35. The van der Waals surface area contributed by atoms with Gasteiger partial charge in [0.25, 0.3) is 5.91 Å². The highest BCUT2D eigenvalue weighted by atomic mass is 19.1. The minimum absolute atomic E-state index is 0.0475. The van der Waals surface area contributed by atoms with E-state index >= 15 is 0 Å². The molecule has 21 heavy (non-hydrogen) atoms. The van der Waals surface area contributed by atoms with Crippen LogP contribution in [0.4, 0.5) is 4.39 Å². The highest BCUT2D eigenvalue weighted by Gasteiger charge is 2.15. The molecule has 0 aliphatic rings.